The van der Waals surface area contributed by atoms with Crippen molar-refractivity contribution in [2.75, 3.05) is 13.7 Å². The molecule has 7 nitrogen and oxygen atoms in total. The number of ether oxygens (including phenoxy) is 2. The van der Waals surface area contributed by atoms with Crippen molar-refractivity contribution in [2.45, 2.75) is 19.6 Å². The standard InChI is InChI=1S/C30H23F4N3O4/c1-40-10-9-37-27-12-17(30(38)39)6-8-26(27)35-28(37)13-19-11-24(34)21(15-23(19)33)25-3-2-4-29(36-25)41-16-18-5-7-20(31)14-22(18)32/h2-8,11-12,14-15H,9-10,13,16H2,1H3,(H,38,39). The minimum Gasteiger partial charge on any atom is -0.478 e. The number of imidazole rings is 1. The number of nitrogens with zero attached hydrogens (tertiary/aromatic N) is 3. The van der Waals surface area contributed by atoms with Gasteiger partial charge in [0.2, 0.25) is 5.88 Å². The summed E-state index contributed by atoms with van der Waals surface area (Å²) in [5, 5.41) is 9.37. The number of carbonyl (C=O) groups is 1. The first kappa shape index (κ1) is 27.8. The van der Waals surface area contributed by atoms with Crippen molar-refractivity contribution < 1.29 is 36.9 Å². The van der Waals surface area contributed by atoms with Gasteiger partial charge in [-0.1, -0.05) is 6.07 Å². The molecule has 0 radical (unpaired) electrons. The summed E-state index contributed by atoms with van der Waals surface area (Å²) in [6, 6.07) is 14.2. The van der Waals surface area contributed by atoms with Crippen LogP contribution in [0.25, 0.3) is 22.3 Å². The summed E-state index contributed by atoms with van der Waals surface area (Å²) < 4.78 is 70.1. The number of pyridine rings is 1. The van der Waals surface area contributed by atoms with Crippen LogP contribution in [0.2, 0.25) is 0 Å². The van der Waals surface area contributed by atoms with E-state index in [1.165, 1.54) is 43.5 Å². The number of halogens is 4. The van der Waals surface area contributed by atoms with Gasteiger partial charge in [0.1, 0.15) is 35.7 Å². The monoisotopic (exact) mass is 565 g/mol. The zero-order valence-electron chi connectivity index (χ0n) is 21.7. The summed E-state index contributed by atoms with van der Waals surface area (Å²) >= 11 is 0. The molecule has 2 aromatic heterocycles. The van der Waals surface area contributed by atoms with E-state index in [0.29, 0.717) is 30.0 Å². The van der Waals surface area contributed by atoms with Gasteiger partial charge >= 0.3 is 5.97 Å². The Kier molecular flexibility index (Phi) is 7.97. The minimum absolute atomic E-state index is 0.0397. The first-order chi connectivity index (χ1) is 19.7. The van der Waals surface area contributed by atoms with Crippen molar-refractivity contribution in [2.24, 2.45) is 0 Å². The average Bonchev–Trinajstić information content (AvgIpc) is 3.29. The van der Waals surface area contributed by atoms with Gasteiger partial charge in [0.05, 0.1) is 28.9 Å². The molecule has 0 aliphatic carbocycles. The number of fused-ring (bicyclic) bond motifs is 1. The summed E-state index contributed by atoms with van der Waals surface area (Å²) in [6.45, 7) is 0.381. The number of benzene rings is 3. The fraction of sp³-hybridized carbons (Fsp3) is 0.167. The van der Waals surface area contributed by atoms with Gasteiger partial charge in [0, 0.05) is 43.3 Å². The fourth-order valence-corrected chi connectivity index (χ4v) is 4.40. The lowest BCUT2D eigenvalue weighted by Crippen LogP contribution is -2.10. The molecule has 0 bridgehead atoms. The molecule has 5 rings (SSSR count). The lowest BCUT2D eigenvalue weighted by Gasteiger charge is -2.12. The molecule has 0 aliphatic rings. The molecule has 0 saturated carbocycles. The van der Waals surface area contributed by atoms with Crippen molar-refractivity contribution >= 4 is 17.0 Å². The highest BCUT2D eigenvalue weighted by atomic mass is 19.1. The second-order valence-electron chi connectivity index (χ2n) is 9.17. The fourth-order valence-electron chi connectivity index (χ4n) is 4.40. The normalized spacial score (nSPS) is 11.2. The maximum absolute atomic E-state index is 15.3. The van der Waals surface area contributed by atoms with E-state index in [4.69, 9.17) is 9.47 Å². The zero-order valence-corrected chi connectivity index (χ0v) is 21.7. The van der Waals surface area contributed by atoms with Crippen LogP contribution in [0.1, 0.15) is 27.3 Å². The van der Waals surface area contributed by atoms with Crippen molar-refractivity contribution in [3.8, 4) is 17.1 Å². The molecule has 3 aromatic carbocycles. The Morgan fingerprint density at radius 2 is 1.71 bits per heavy atom. The van der Waals surface area contributed by atoms with Gasteiger partial charge in [-0.3, -0.25) is 0 Å². The Bertz CT molecular complexity index is 1760. The Morgan fingerprint density at radius 1 is 0.902 bits per heavy atom. The van der Waals surface area contributed by atoms with E-state index in [-0.39, 0.29) is 46.9 Å². The third kappa shape index (κ3) is 6.04. The maximum atomic E-state index is 15.3. The predicted octanol–water partition coefficient (Wildman–Crippen LogP) is 6.17. The molecule has 0 atom stereocenters. The summed E-state index contributed by atoms with van der Waals surface area (Å²) in [7, 11) is 1.52. The molecule has 2 heterocycles. The van der Waals surface area contributed by atoms with Gasteiger partial charge < -0.3 is 19.1 Å². The van der Waals surface area contributed by atoms with E-state index in [9.17, 15) is 18.7 Å². The van der Waals surface area contributed by atoms with Crippen molar-refractivity contribution in [3.05, 3.63) is 113 Å². The Morgan fingerprint density at radius 3 is 2.46 bits per heavy atom. The Hall–Kier alpha value is -4.77. The van der Waals surface area contributed by atoms with E-state index in [0.717, 1.165) is 24.3 Å². The van der Waals surface area contributed by atoms with E-state index < -0.39 is 29.2 Å². The lowest BCUT2D eigenvalue weighted by molar-refractivity contribution is 0.0697. The van der Waals surface area contributed by atoms with Gasteiger partial charge in [-0.15, -0.1) is 0 Å². The molecule has 210 valence electrons. The molecule has 0 amide bonds. The van der Waals surface area contributed by atoms with E-state index >= 15 is 8.78 Å². The highest BCUT2D eigenvalue weighted by molar-refractivity contribution is 5.92. The summed E-state index contributed by atoms with van der Waals surface area (Å²) in [5.41, 5.74) is 1.26. The van der Waals surface area contributed by atoms with Crippen LogP contribution in [0.15, 0.2) is 66.7 Å². The lowest BCUT2D eigenvalue weighted by atomic mass is 10.0. The molecule has 41 heavy (non-hydrogen) atoms. The molecular formula is C30H23F4N3O4. The number of carboxylic acid groups (broad SMARTS) is 1. The van der Waals surface area contributed by atoms with Crippen LogP contribution >= 0.6 is 0 Å². The van der Waals surface area contributed by atoms with Gasteiger partial charge in [-0.25, -0.2) is 32.3 Å². The summed E-state index contributed by atoms with van der Waals surface area (Å²) in [6.07, 6.45) is -0.0658. The van der Waals surface area contributed by atoms with E-state index in [1.807, 2.05) is 0 Å². The van der Waals surface area contributed by atoms with Gasteiger partial charge in [0.15, 0.2) is 0 Å². The Balaban J connectivity index is 1.41. The molecule has 0 unspecified atom stereocenters. The smallest absolute Gasteiger partial charge is 0.335 e. The molecule has 0 fully saturated rings. The van der Waals surface area contributed by atoms with E-state index in [1.54, 1.807) is 10.6 Å². The second kappa shape index (κ2) is 11.8. The summed E-state index contributed by atoms with van der Waals surface area (Å²) in [5.74, 6) is -3.56. The van der Waals surface area contributed by atoms with Crippen molar-refractivity contribution in [1.82, 2.24) is 14.5 Å². The SMILES string of the molecule is COCCn1c(Cc2cc(F)c(-c3cccc(OCc4ccc(F)cc4F)n3)cc2F)nc2ccc(C(=O)O)cc21. The van der Waals surface area contributed by atoms with Gasteiger partial charge in [-0.2, -0.15) is 0 Å². The largest absolute Gasteiger partial charge is 0.478 e. The van der Waals surface area contributed by atoms with Gasteiger partial charge in [0.25, 0.3) is 0 Å². The highest BCUT2D eigenvalue weighted by Crippen LogP contribution is 2.28. The first-order valence-corrected chi connectivity index (χ1v) is 12.5. The Labute approximate surface area is 231 Å². The summed E-state index contributed by atoms with van der Waals surface area (Å²) in [4.78, 5) is 20.2. The molecule has 11 heteroatoms. The molecule has 0 saturated heterocycles. The molecule has 0 aliphatic heterocycles. The number of carboxylic acids is 1. The van der Waals surface area contributed by atoms with Crippen LogP contribution in [-0.2, 0) is 24.3 Å². The topological polar surface area (TPSA) is 86.5 Å². The number of rotatable bonds is 10. The average molecular weight is 566 g/mol. The predicted molar refractivity (Wildman–Crippen MR) is 142 cm³/mol. The number of hydrogen-bond donors (Lipinski definition) is 1. The number of hydrogen-bond acceptors (Lipinski definition) is 5. The van der Waals surface area contributed by atoms with Crippen molar-refractivity contribution in [3.63, 3.8) is 0 Å². The number of aromatic carboxylic acids is 1. The zero-order chi connectivity index (χ0) is 29.1. The van der Waals surface area contributed by atoms with Crippen LogP contribution < -0.4 is 4.74 Å². The third-order valence-electron chi connectivity index (χ3n) is 6.47. The molecule has 1 N–H and O–H groups in total. The minimum atomic E-state index is -1.10. The van der Waals surface area contributed by atoms with Crippen LogP contribution in [-0.4, -0.2) is 39.3 Å². The number of aromatic nitrogens is 3. The quantitative estimate of drug-likeness (QED) is 0.204. The maximum Gasteiger partial charge on any atom is 0.335 e. The molecular weight excluding hydrogens is 542 g/mol. The second-order valence-corrected chi connectivity index (χ2v) is 9.17. The highest BCUT2D eigenvalue weighted by Gasteiger charge is 2.18. The van der Waals surface area contributed by atoms with Crippen LogP contribution in [0, 0.1) is 23.3 Å². The first-order valence-electron chi connectivity index (χ1n) is 12.5. The number of methoxy groups -OCH3 is 1. The van der Waals surface area contributed by atoms with Crippen molar-refractivity contribution in [1.29, 1.82) is 0 Å². The third-order valence-corrected chi connectivity index (χ3v) is 6.47. The van der Waals surface area contributed by atoms with Gasteiger partial charge in [-0.05, 0) is 54.1 Å². The van der Waals surface area contributed by atoms with Crippen LogP contribution in [0.5, 0.6) is 5.88 Å². The molecule has 5 aromatic rings. The van der Waals surface area contributed by atoms with E-state index in [2.05, 4.69) is 9.97 Å². The molecule has 0 spiro atoms. The van der Waals surface area contributed by atoms with Crippen LogP contribution in [0.3, 0.4) is 0 Å². The van der Waals surface area contributed by atoms with Crippen LogP contribution in [0.4, 0.5) is 17.6 Å².